The average molecular weight is 261 g/mol. The van der Waals surface area contributed by atoms with Crippen LogP contribution in [0.2, 0.25) is 0 Å². The maximum absolute atomic E-state index is 5.51. The lowest BCUT2D eigenvalue weighted by molar-refractivity contribution is 0.456. The van der Waals surface area contributed by atoms with Crippen LogP contribution in [0.25, 0.3) is 0 Å². The average Bonchev–Trinajstić information content (AvgIpc) is 2.85. The van der Waals surface area contributed by atoms with Gasteiger partial charge < -0.3 is 15.1 Å². The van der Waals surface area contributed by atoms with E-state index in [9.17, 15) is 0 Å². The maximum atomic E-state index is 5.51. The molecule has 0 saturated heterocycles. The Morgan fingerprint density at radius 1 is 1.16 bits per heavy atom. The third kappa shape index (κ3) is 4.03. The van der Waals surface area contributed by atoms with Gasteiger partial charge in [0.25, 0.3) is 0 Å². The summed E-state index contributed by atoms with van der Waals surface area (Å²) in [6, 6.07) is 4.82. The van der Waals surface area contributed by atoms with E-state index < -0.39 is 0 Å². The van der Waals surface area contributed by atoms with Crippen molar-refractivity contribution >= 4 is 6.01 Å². The zero-order valence-electron chi connectivity index (χ0n) is 11.4. The Labute approximate surface area is 112 Å². The first-order chi connectivity index (χ1) is 9.15. The molecule has 2 heterocycles. The molecule has 0 amide bonds. The molecule has 1 atom stereocenters. The van der Waals surface area contributed by atoms with Gasteiger partial charge in [-0.15, -0.1) is 5.10 Å². The van der Waals surface area contributed by atoms with E-state index >= 15 is 0 Å². The second-order valence-corrected chi connectivity index (χ2v) is 4.68. The van der Waals surface area contributed by atoms with Crippen molar-refractivity contribution in [3.05, 3.63) is 36.0 Å². The second-order valence-electron chi connectivity index (χ2n) is 4.68. The molecule has 0 saturated carbocycles. The zero-order valence-corrected chi connectivity index (χ0v) is 11.4. The minimum absolute atomic E-state index is 0.0920. The molecule has 0 aliphatic heterocycles. The van der Waals surface area contributed by atoms with Gasteiger partial charge in [0.05, 0.1) is 12.6 Å². The molecule has 2 N–H and O–H groups in total. The Kier molecular flexibility index (Phi) is 4.46. The van der Waals surface area contributed by atoms with E-state index in [0.29, 0.717) is 24.5 Å². The number of nitrogens with zero attached hydrogens (tertiary/aromatic N) is 3. The summed E-state index contributed by atoms with van der Waals surface area (Å²) in [4.78, 5) is 3.99. The molecule has 0 aliphatic carbocycles. The van der Waals surface area contributed by atoms with Crippen molar-refractivity contribution in [3.8, 4) is 0 Å². The van der Waals surface area contributed by atoms with Crippen molar-refractivity contribution in [3.63, 3.8) is 0 Å². The molecule has 0 spiro atoms. The fraction of sp³-hybridized carbons (Fsp3) is 0.462. The molecule has 0 fully saturated rings. The Morgan fingerprint density at radius 3 is 2.58 bits per heavy atom. The highest BCUT2D eigenvalue weighted by atomic mass is 16.4. The number of hydrogen-bond donors (Lipinski definition) is 2. The fourth-order valence-electron chi connectivity index (χ4n) is 1.60. The Hall–Kier alpha value is -1.95. The molecule has 1 unspecified atom stereocenters. The summed E-state index contributed by atoms with van der Waals surface area (Å²) in [5.41, 5.74) is 1.12. The topological polar surface area (TPSA) is 75.9 Å². The highest BCUT2D eigenvalue weighted by Gasteiger charge is 2.10. The third-order valence-electron chi connectivity index (χ3n) is 2.67. The van der Waals surface area contributed by atoms with Gasteiger partial charge in [-0.05, 0) is 24.6 Å². The molecule has 6 heteroatoms. The van der Waals surface area contributed by atoms with E-state index in [0.717, 1.165) is 5.56 Å². The number of pyridine rings is 1. The molecular weight excluding hydrogens is 242 g/mol. The summed E-state index contributed by atoms with van der Waals surface area (Å²) in [6.07, 6.45) is 3.53. The summed E-state index contributed by atoms with van der Waals surface area (Å²) in [5, 5.41) is 14.4. The van der Waals surface area contributed by atoms with Crippen LogP contribution in [0.5, 0.6) is 0 Å². The van der Waals surface area contributed by atoms with Crippen molar-refractivity contribution in [1.29, 1.82) is 0 Å². The lowest BCUT2D eigenvalue weighted by Gasteiger charge is -2.11. The van der Waals surface area contributed by atoms with E-state index in [2.05, 4.69) is 39.7 Å². The van der Waals surface area contributed by atoms with Crippen LogP contribution in [0.15, 0.2) is 28.9 Å². The molecule has 0 bridgehead atoms. The van der Waals surface area contributed by atoms with Crippen molar-refractivity contribution < 1.29 is 4.42 Å². The molecular formula is C13H19N5O. The summed E-state index contributed by atoms with van der Waals surface area (Å²) in [5.74, 6) is 0.582. The predicted molar refractivity (Wildman–Crippen MR) is 72.5 cm³/mol. The predicted octanol–water partition coefficient (Wildman–Crippen LogP) is 2.14. The molecule has 2 rings (SSSR count). The number of anilines is 1. The lowest BCUT2D eigenvalue weighted by Crippen LogP contribution is -2.21. The Morgan fingerprint density at radius 2 is 1.89 bits per heavy atom. The van der Waals surface area contributed by atoms with Crippen LogP contribution in [0.4, 0.5) is 6.01 Å². The monoisotopic (exact) mass is 261 g/mol. The van der Waals surface area contributed by atoms with Gasteiger partial charge in [0.15, 0.2) is 0 Å². The molecule has 19 heavy (non-hydrogen) atoms. The van der Waals surface area contributed by atoms with Crippen LogP contribution in [0.3, 0.4) is 0 Å². The van der Waals surface area contributed by atoms with Gasteiger partial charge in [-0.2, -0.15) is 0 Å². The molecule has 0 aliphatic rings. The summed E-state index contributed by atoms with van der Waals surface area (Å²) < 4.78 is 5.51. The van der Waals surface area contributed by atoms with Crippen LogP contribution in [-0.4, -0.2) is 21.2 Å². The molecule has 2 aromatic heterocycles. The van der Waals surface area contributed by atoms with Crippen LogP contribution in [0.1, 0.15) is 38.3 Å². The molecule has 6 nitrogen and oxygen atoms in total. The third-order valence-corrected chi connectivity index (χ3v) is 2.67. The standard InChI is InChI=1S/C13H19N5O/c1-9(2)15-8-12-17-18-13(19-12)16-10(3)11-4-6-14-7-5-11/h4-7,9-10,15H,8H2,1-3H3,(H,16,18). The van der Waals surface area contributed by atoms with Gasteiger partial charge in [-0.25, -0.2) is 0 Å². The summed E-state index contributed by atoms with van der Waals surface area (Å²) in [7, 11) is 0. The van der Waals surface area contributed by atoms with Crippen molar-refractivity contribution in [2.24, 2.45) is 0 Å². The van der Waals surface area contributed by atoms with Gasteiger partial charge in [-0.1, -0.05) is 18.9 Å². The zero-order chi connectivity index (χ0) is 13.7. The van der Waals surface area contributed by atoms with Crippen LogP contribution < -0.4 is 10.6 Å². The fourth-order valence-corrected chi connectivity index (χ4v) is 1.60. The van der Waals surface area contributed by atoms with Gasteiger partial charge in [0.1, 0.15) is 0 Å². The highest BCUT2D eigenvalue weighted by molar-refractivity contribution is 5.26. The van der Waals surface area contributed by atoms with E-state index in [1.165, 1.54) is 0 Å². The summed E-state index contributed by atoms with van der Waals surface area (Å²) >= 11 is 0. The smallest absolute Gasteiger partial charge is 0.315 e. The van der Waals surface area contributed by atoms with Crippen LogP contribution in [0, 0.1) is 0 Å². The van der Waals surface area contributed by atoms with E-state index in [-0.39, 0.29) is 6.04 Å². The van der Waals surface area contributed by atoms with E-state index in [1.54, 1.807) is 12.4 Å². The first-order valence-corrected chi connectivity index (χ1v) is 6.37. The van der Waals surface area contributed by atoms with Gasteiger partial charge in [0.2, 0.25) is 5.89 Å². The number of aromatic nitrogens is 3. The lowest BCUT2D eigenvalue weighted by atomic mass is 10.1. The number of nitrogens with one attached hydrogen (secondary N) is 2. The van der Waals surface area contributed by atoms with Gasteiger partial charge in [-0.3, -0.25) is 4.98 Å². The Bertz CT molecular complexity index is 497. The quantitative estimate of drug-likeness (QED) is 0.829. The molecule has 0 radical (unpaired) electrons. The van der Waals surface area contributed by atoms with E-state index in [1.807, 2.05) is 19.1 Å². The largest absolute Gasteiger partial charge is 0.407 e. The number of rotatable bonds is 6. The SMILES string of the molecule is CC(C)NCc1nnc(NC(C)c2ccncc2)o1. The van der Waals surface area contributed by atoms with Crippen molar-refractivity contribution in [2.75, 3.05) is 5.32 Å². The molecule has 2 aromatic rings. The minimum Gasteiger partial charge on any atom is -0.407 e. The maximum Gasteiger partial charge on any atom is 0.315 e. The van der Waals surface area contributed by atoms with Crippen molar-refractivity contribution in [1.82, 2.24) is 20.5 Å². The molecule has 0 aromatic carbocycles. The van der Waals surface area contributed by atoms with Crippen LogP contribution in [-0.2, 0) is 6.54 Å². The normalized spacial score (nSPS) is 12.6. The van der Waals surface area contributed by atoms with Crippen molar-refractivity contribution in [2.45, 2.75) is 39.4 Å². The molecule has 102 valence electrons. The summed E-state index contributed by atoms with van der Waals surface area (Å²) in [6.45, 7) is 6.75. The van der Waals surface area contributed by atoms with Crippen LogP contribution >= 0.6 is 0 Å². The van der Waals surface area contributed by atoms with Gasteiger partial charge in [0, 0.05) is 18.4 Å². The van der Waals surface area contributed by atoms with E-state index in [4.69, 9.17) is 4.42 Å². The Balaban J connectivity index is 1.93. The second kappa shape index (κ2) is 6.29. The minimum atomic E-state index is 0.0920. The van der Waals surface area contributed by atoms with Gasteiger partial charge >= 0.3 is 6.01 Å². The first kappa shape index (κ1) is 13.5. The first-order valence-electron chi connectivity index (χ1n) is 6.37. The highest BCUT2D eigenvalue weighted by Crippen LogP contribution is 2.17. The number of hydrogen-bond acceptors (Lipinski definition) is 6.